The molecule has 0 saturated carbocycles. The summed E-state index contributed by atoms with van der Waals surface area (Å²) in [6.45, 7) is 2.04. The van der Waals surface area contributed by atoms with Crippen molar-refractivity contribution in [2.45, 2.75) is 32.6 Å². The Morgan fingerprint density at radius 1 is 1.11 bits per heavy atom. The molecule has 0 bridgehead atoms. The highest BCUT2D eigenvalue weighted by molar-refractivity contribution is 6.29. The summed E-state index contributed by atoms with van der Waals surface area (Å²) in [5.74, 6) is 0.804. The van der Waals surface area contributed by atoms with Crippen LogP contribution in [0.4, 0.5) is 0 Å². The molecule has 3 heteroatoms. The van der Waals surface area contributed by atoms with Crippen LogP contribution in [0.2, 0.25) is 5.15 Å². The minimum absolute atomic E-state index is 0.525. The number of hydrogen-bond acceptors (Lipinski definition) is 2. The summed E-state index contributed by atoms with van der Waals surface area (Å²) in [4.78, 5) is 8.76. The molecule has 0 unspecified atom stereocenters. The Morgan fingerprint density at radius 2 is 1.94 bits per heavy atom. The molecule has 0 spiro atoms. The maximum Gasteiger partial charge on any atom is 0.133 e. The molecule has 1 aromatic heterocycles. The van der Waals surface area contributed by atoms with Gasteiger partial charge in [0.1, 0.15) is 11.0 Å². The van der Waals surface area contributed by atoms with E-state index >= 15 is 0 Å². The molecule has 0 radical (unpaired) electrons. The van der Waals surface area contributed by atoms with Crippen LogP contribution in [-0.4, -0.2) is 9.97 Å². The molecule has 18 heavy (non-hydrogen) atoms. The maximum absolute atomic E-state index is 6.04. The molecule has 3 rings (SSSR count). The summed E-state index contributed by atoms with van der Waals surface area (Å²) < 4.78 is 0. The first-order valence-electron chi connectivity index (χ1n) is 6.42. The minimum Gasteiger partial charge on any atom is -0.233 e. The standard InChI is InChI=1S/C15H15ClN2/c1-2-15-17-13(9-14(16)18-15)12-7-6-10-4-3-5-11(10)8-12/h6-9H,2-5H2,1H3. The van der Waals surface area contributed by atoms with E-state index in [1.807, 2.05) is 13.0 Å². The second-order valence-electron chi connectivity index (χ2n) is 4.68. The van der Waals surface area contributed by atoms with Gasteiger partial charge >= 0.3 is 0 Å². The van der Waals surface area contributed by atoms with E-state index in [1.54, 1.807) is 0 Å². The number of hydrogen-bond donors (Lipinski definition) is 0. The Balaban J connectivity index is 2.06. The van der Waals surface area contributed by atoms with Crippen LogP contribution in [0.15, 0.2) is 24.3 Å². The summed E-state index contributed by atoms with van der Waals surface area (Å²) in [5, 5.41) is 0.525. The first-order chi connectivity index (χ1) is 8.76. The number of nitrogens with zero attached hydrogens (tertiary/aromatic N) is 2. The zero-order chi connectivity index (χ0) is 12.5. The van der Waals surface area contributed by atoms with Gasteiger partial charge < -0.3 is 0 Å². The van der Waals surface area contributed by atoms with Crippen LogP contribution in [0.3, 0.4) is 0 Å². The fraction of sp³-hybridized carbons (Fsp3) is 0.333. The summed E-state index contributed by atoms with van der Waals surface area (Å²) in [7, 11) is 0. The topological polar surface area (TPSA) is 25.8 Å². The van der Waals surface area contributed by atoms with Crippen molar-refractivity contribution in [3.05, 3.63) is 46.4 Å². The lowest BCUT2D eigenvalue weighted by atomic mass is 10.0. The van der Waals surface area contributed by atoms with Crippen LogP contribution < -0.4 is 0 Å². The fourth-order valence-electron chi connectivity index (χ4n) is 2.50. The number of benzene rings is 1. The average molecular weight is 259 g/mol. The SMILES string of the molecule is CCc1nc(Cl)cc(-c2ccc3c(c2)CCC3)n1. The molecule has 2 nitrogen and oxygen atoms in total. The van der Waals surface area contributed by atoms with Crippen molar-refractivity contribution < 1.29 is 0 Å². The van der Waals surface area contributed by atoms with E-state index in [2.05, 4.69) is 28.2 Å². The van der Waals surface area contributed by atoms with Gasteiger partial charge in [0.25, 0.3) is 0 Å². The molecular formula is C15H15ClN2. The second-order valence-corrected chi connectivity index (χ2v) is 5.07. The molecule has 0 saturated heterocycles. The van der Waals surface area contributed by atoms with Crippen molar-refractivity contribution in [1.29, 1.82) is 0 Å². The second kappa shape index (κ2) is 4.69. The van der Waals surface area contributed by atoms with Gasteiger partial charge in [0, 0.05) is 18.1 Å². The highest BCUT2D eigenvalue weighted by atomic mass is 35.5. The minimum atomic E-state index is 0.525. The Morgan fingerprint density at radius 3 is 2.78 bits per heavy atom. The highest BCUT2D eigenvalue weighted by Crippen LogP contribution is 2.28. The molecule has 1 aliphatic rings. The van der Waals surface area contributed by atoms with Gasteiger partial charge in [-0.2, -0.15) is 0 Å². The van der Waals surface area contributed by atoms with Crippen molar-refractivity contribution >= 4 is 11.6 Å². The van der Waals surface area contributed by atoms with E-state index in [-0.39, 0.29) is 0 Å². The predicted molar refractivity (Wildman–Crippen MR) is 73.9 cm³/mol. The largest absolute Gasteiger partial charge is 0.233 e. The molecule has 0 N–H and O–H groups in total. The van der Waals surface area contributed by atoms with Crippen molar-refractivity contribution in [2.75, 3.05) is 0 Å². The number of aromatic nitrogens is 2. The summed E-state index contributed by atoms with van der Waals surface area (Å²) in [6, 6.07) is 8.46. The molecule has 1 aromatic carbocycles. The number of aryl methyl sites for hydroxylation is 3. The van der Waals surface area contributed by atoms with Gasteiger partial charge in [-0.1, -0.05) is 30.7 Å². The smallest absolute Gasteiger partial charge is 0.133 e. The molecule has 0 amide bonds. The quantitative estimate of drug-likeness (QED) is 0.765. The third kappa shape index (κ3) is 2.13. The summed E-state index contributed by atoms with van der Waals surface area (Å²) in [5.41, 5.74) is 5.02. The molecule has 1 aliphatic carbocycles. The third-order valence-corrected chi connectivity index (χ3v) is 3.65. The molecule has 92 valence electrons. The molecule has 0 aliphatic heterocycles. The van der Waals surface area contributed by atoms with E-state index in [0.717, 1.165) is 23.5 Å². The van der Waals surface area contributed by atoms with E-state index < -0.39 is 0 Å². The Bertz CT molecular complexity index is 593. The van der Waals surface area contributed by atoms with E-state index in [0.29, 0.717) is 5.15 Å². The number of halogens is 1. The van der Waals surface area contributed by atoms with E-state index in [4.69, 9.17) is 11.6 Å². The Hall–Kier alpha value is -1.41. The van der Waals surface area contributed by atoms with Crippen LogP contribution in [0.1, 0.15) is 30.3 Å². The van der Waals surface area contributed by atoms with Crippen molar-refractivity contribution in [3.8, 4) is 11.3 Å². The van der Waals surface area contributed by atoms with Crippen molar-refractivity contribution in [3.63, 3.8) is 0 Å². The fourth-order valence-corrected chi connectivity index (χ4v) is 2.70. The molecule has 2 aromatic rings. The van der Waals surface area contributed by atoms with Crippen LogP contribution in [0.5, 0.6) is 0 Å². The predicted octanol–water partition coefficient (Wildman–Crippen LogP) is 3.85. The Labute approximate surface area is 112 Å². The molecule has 0 fully saturated rings. The average Bonchev–Trinajstić information content (AvgIpc) is 2.85. The van der Waals surface area contributed by atoms with Crippen molar-refractivity contribution in [1.82, 2.24) is 9.97 Å². The maximum atomic E-state index is 6.04. The van der Waals surface area contributed by atoms with Gasteiger partial charge in [0.05, 0.1) is 5.69 Å². The lowest BCUT2D eigenvalue weighted by Crippen LogP contribution is -1.96. The van der Waals surface area contributed by atoms with Crippen LogP contribution in [0.25, 0.3) is 11.3 Å². The van der Waals surface area contributed by atoms with Crippen LogP contribution >= 0.6 is 11.6 Å². The first-order valence-corrected chi connectivity index (χ1v) is 6.79. The first kappa shape index (κ1) is 11.7. The highest BCUT2D eigenvalue weighted by Gasteiger charge is 2.12. The van der Waals surface area contributed by atoms with Crippen molar-refractivity contribution in [2.24, 2.45) is 0 Å². The van der Waals surface area contributed by atoms with Crippen LogP contribution in [-0.2, 0) is 19.3 Å². The molecular weight excluding hydrogens is 244 g/mol. The van der Waals surface area contributed by atoms with Gasteiger partial charge in [-0.25, -0.2) is 9.97 Å². The van der Waals surface area contributed by atoms with E-state index in [1.165, 1.54) is 30.4 Å². The Kier molecular flexibility index (Phi) is 3.04. The van der Waals surface area contributed by atoms with E-state index in [9.17, 15) is 0 Å². The third-order valence-electron chi connectivity index (χ3n) is 3.45. The van der Waals surface area contributed by atoms with Crippen LogP contribution in [0, 0.1) is 0 Å². The summed E-state index contributed by atoms with van der Waals surface area (Å²) in [6.07, 6.45) is 4.46. The lowest BCUT2D eigenvalue weighted by Gasteiger charge is -2.06. The van der Waals surface area contributed by atoms with Gasteiger partial charge in [-0.05, 0) is 36.5 Å². The van der Waals surface area contributed by atoms with Gasteiger partial charge in [-0.15, -0.1) is 0 Å². The normalized spacial score (nSPS) is 13.7. The van der Waals surface area contributed by atoms with Gasteiger partial charge in [0.2, 0.25) is 0 Å². The van der Waals surface area contributed by atoms with Gasteiger partial charge in [0.15, 0.2) is 0 Å². The molecule has 0 atom stereocenters. The number of rotatable bonds is 2. The molecule has 1 heterocycles. The lowest BCUT2D eigenvalue weighted by molar-refractivity contribution is 0.911. The summed E-state index contributed by atoms with van der Waals surface area (Å²) >= 11 is 6.04. The zero-order valence-electron chi connectivity index (χ0n) is 10.4. The zero-order valence-corrected chi connectivity index (χ0v) is 11.2. The van der Waals surface area contributed by atoms with Gasteiger partial charge in [-0.3, -0.25) is 0 Å². The number of fused-ring (bicyclic) bond motifs is 1. The monoisotopic (exact) mass is 258 g/mol.